The molecule has 0 heterocycles. The molecule has 0 spiro atoms. The molecule has 0 aromatic carbocycles. The number of thiol groups is 2. The Balaban J connectivity index is 3.68. The fourth-order valence-electron chi connectivity index (χ4n) is 0.656. The van der Waals surface area contributed by atoms with Crippen molar-refractivity contribution in [2.24, 2.45) is 0 Å². The summed E-state index contributed by atoms with van der Waals surface area (Å²) in [6, 6.07) is -0.172. The highest BCUT2D eigenvalue weighted by molar-refractivity contribution is 7.82. The molecule has 84 valence electrons. The summed E-state index contributed by atoms with van der Waals surface area (Å²) in [4.78, 5) is 11.2. The summed E-state index contributed by atoms with van der Waals surface area (Å²) in [6.07, 6.45) is 0. The molecule has 0 saturated carbocycles. The molecule has 0 radical (unpaired) electrons. The number of nitrogens with one attached hydrogen (secondary N) is 2. The van der Waals surface area contributed by atoms with E-state index < -0.39 is 0 Å². The number of rotatable bonds is 4. The first kappa shape index (κ1) is 14.0. The van der Waals surface area contributed by atoms with E-state index in [1.165, 1.54) is 0 Å². The van der Waals surface area contributed by atoms with Gasteiger partial charge in [0.2, 0.25) is 0 Å². The van der Waals surface area contributed by atoms with Crippen molar-refractivity contribution in [1.29, 1.82) is 0 Å². The van der Waals surface area contributed by atoms with E-state index >= 15 is 0 Å². The minimum Gasteiger partial charge on any atom is -0.337 e. The Labute approximate surface area is 97.2 Å². The molecule has 0 aliphatic heterocycles. The zero-order valence-electron chi connectivity index (χ0n) is 9.22. The number of urea groups is 1. The average Bonchev–Trinajstić information content (AvgIpc) is 1.94. The SMILES string of the molecule is CC(C)(S)CNC(=O)NCC(C)(C)S. The second kappa shape index (κ2) is 5.16. The third-order valence-corrected chi connectivity index (χ3v) is 1.68. The zero-order valence-corrected chi connectivity index (χ0v) is 11.0. The van der Waals surface area contributed by atoms with Crippen LogP contribution < -0.4 is 10.6 Å². The molecule has 0 rings (SSSR count). The van der Waals surface area contributed by atoms with Crippen LogP contribution in [0.1, 0.15) is 27.7 Å². The molecule has 0 unspecified atom stereocenters. The van der Waals surface area contributed by atoms with E-state index in [-0.39, 0.29) is 15.5 Å². The van der Waals surface area contributed by atoms with Crippen LogP contribution in [0.25, 0.3) is 0 Å². The van der Waals surface area contributed by atoms with Gasteiger partial charge in [-0.25, -0.2) is 4.79 Å². The fourth-order valence-corrected chi connectivity index (χ4v) is 0.814. The van der Waals surface area contributed by atoms with Gasteiger partial charge in [-0.1, -0.05) is 0 Å². The van der Waals surface area contributed by atoms with E-state index in [2.05, 4.69) is 35.9 Å². The highest BCUT2D eigenvalue weighted by atomic mass is 32.1. The molecule has 0 saturated heterocycles. The van der Waals surface area contributed by atoms with Crippen molar-refractivity contribution in [3.05, 3.63) is 0 Å². The first-order valence-corrected chi connectivity index (χ1v) is 5.46. The Hall–Kier alpha value is -0.0300. The van der Waals surface area contributed by atoms with Crippen LogP contribution in [0.4, 0.5) is 4.79 Å². The maximum absolute atomic E-state index is 11.2. The summed E-state index contributed by atoms with van der Waals surface area (Å²) < 4.78 is -0.373. The lowest BCUT2D eigenvalue weighted by atomic mass is 10.2. The van der Waals surface area contributed by atoms with Crippen LogP contribution in [0.5, 0.6) is 0 Å². The Morgan fingerprint density at radius 1 is 1.00 bits per heavy atom. The number of amides is 2. The Morgan fingerprint density at radius 2 is 1.29 bits per heavy atom. The van der Waals surface area contributed by atoms with Crippen molar-refractivity contribution in [3.8, 4) is 0 Å². The number of carbonyl (C=O) groups is 1. The maximum Gasteiger partial charge on any atom is 0.314 e. The van der Waals surface area contributed by atoms with Gasteiger partial charge < -0.3 is 10.6 Å². The van der Waals surface area contributed by atoms with Crippen molar-refractivity contribution >= 4 is 31.3 Å². The first-order valence-electron chi connectivity index (χ1n) is 4.57. The molecule has 3 nitrogen and oxygen atoms in total. The van der Waals surface area contributed by atoms with Gasteiger partial charge in [-0.3, -0.25) is 0 Å². The quantitative estimate of drug-likeness (QED) is 0.552. The molecule has 0 aromatic rings. The molecule has 0 aliphatic carbocycles. The normalized spacial score (nSPS) is 12.4. The van der Waals surface area contributed by atoms with E-state index in [1.807, 2.05) is 27.7 Å². The minimum atomic E-state index is -0.187. The zero-order chi connectivity index (χ0) is 11.4. The van der Waals surface area contributed by atoms with Gasteiger partial charge in [0, 0.05) is 22.6 Å². The molecular formula is C9H20N2OS2. The predicted molar refractivity (Wildman–Crippen MR) is 67.5 cm³/mol. The highest BCUT2D eigenvalue weighted by Gasteiger charge is 2.15. The monoisotopic (exact) mass is 236 g/mol. The summed E-state index contributed by atoms with van der Waals surface area (Å²) in [6.45, 7) is 8.85. The molecule has 0 atom stereocenters. The second-order valence-corrected chi connectivity index (χ2v) is 7.08. The number of carbonyl (C=O) groups excluding carboxylic acids is 1. The summed E-state index contributed by atoms with van der Waals surface area (Å²) in [5, 5.41) is 5.47. The van der Waals surface area contributed by atoms with Crippen LogP contribution in [-0.2, 0) is 0 Å². The molecule has 2 N–H and O–H groups in total. The van der Waals surface area contributed by atoms with E-state index in [0.717, 1.165) is 0 Å². The lowest BCUT2D eigenvalue weighted by Gasteiger charge is -2.21. The highest BCUT2D eigenvalue weighted by Crippen LogP contribution is 2.10. The number of hydrogen-bond acceptors (Lipinski definition) is 3. The van der Waals surface area contributed by atoms with Gasteiger partial charge in [-0.05, 0) is 27.7 Å². The topological polar surface area (TPSA) is 41.1 Å². The summed E-state index contributed by atoms with van der Waals surface area (Å²) in [7, 11) is 0. The van der Waals surface area contributed by atoms with Crippen molar-refractivity contribution in [1.82, 2.24) is 10.6 Å². The molecule has 0 aromatic heterocycles. The summed E-state index contributed by atoms with van der Waals surface area (Å²) >= 11 is 8.59. The van der Waals surface area contributed by atoms with Crippen LogP contribution in [0.15, 0.2) is 0 Å². The Kier molecular flexibility index (Phi) is 5.15. The maximum atomic E-state index is 11.2. The van der Waals surface area contributed by atoms with Crippen molar-refractivity contribution in [2.75, 3.05) is 13.1 Å². The van der Waals surface area contributed by atoms with Gasteiger partial charge >= 0.3 is 6.03 Å². The average molecular weight is 236 g/mol. The Bertz CT molecular complexity index is 174. The van der Waals surface area contributed by atoms with Crippen LogP contribution in [0.2, 0.25) is 0 Å². The van der Waals surface area contributed by atoms with Crippen molar-refractivity contribution < 1.29 is 4.79 Å². The van der Waals surface area contributed by atoms with Crippen LogP contribution in [-0.4, -0.2) is 28.6 Å². The molecular weight excluding hydrogens is 216 g/mol. The van der Waals surface area contributed by atoms with Crippen LogP contribution >= 0.6 is 25.3 Å². The molecule has 0 bridgehead atoms. The van der Waals surface area contributed by atoms with Crippen LogP contribution in [0.3, 0.4) is 0 Å². The largest absolute Gasteiger partial charge is 0.337 e. The fraction of sp³-hybridized carbons (Fsp3) is 0.889. The van der Waals surface area contributed by atoms with Gasteiger partial charge in [0.15, 0.2) is 0 Å². The first-order chi connectivity index (χ1) is 6.10. The van der Waals surface area contributed by atoms with Gasteiger partial charge in [-0.2, -0.15) is 25.3 Å². The van der Waals surface area contributed by atoms with Gasteiger partial charge in [0.1, 0.15) is 0 Å². The lowest BCUT2D eigenvalue weighted by molar-refractivity contribution is 0.239. The molecule has 0 fully saturated rings. The minimum absolute atomic E-state index is 0.172. The van der Waals surface area contributed by atoms with E-state index in [1.54, 1.807) is 0 Å². The molecule has 14 heavy (non-hydrogen) atoms. The summed E-state index contributed by atoms with van der Waals surface area (Å²) in [5.74, 6) is 0. The van der Waals surface area contributed by atoms with Gasteiger partial charge in [0.25, 0.3) is 0 Å². The predicted octanol–water partition coefficient (Wildman–Crippen LogP) is 1.70. The van der Waals surface area contributed by atoms with Crippen LogP contribution in [0, 0.1) is 0 Å². The molecule has 5 heteroatoms. The third-order valence-electron chi connectivity index (χ3n) is 1.36. The summed E-state index contributed by atoms with van der Waals surface area (Å²) in [5.41, 5.74) is 0. The van der Waals surface area contributed by atoms with E-state index in [9.17, 15) is 4.79 Å². The molecule has 0 aliphatic rings. The second-order valence-electron chi connectivity index (χ2n) is 4.66. The van der Waals surface area contributed by atoms with E-state index in [4.69, 9.17) is 0 Å². The third kappa shape index (κ3) is 10.1. The molecule has 2 amide bonds. The number of hydrogen-bond donors (Lipinski definition) is 4. The van der Waals surface area contributed by atoms with E-state index in [0.29, 0.717) is 13.1 Å². The van der Waals surface area contributed by atoms with Crippen molar-refractivity contribution in [2.45, 2.75) is 37.2 Å². The standard InChI is InChI=1S/C9H20N2OS2/c1-8(2,13)5-10-7(12)11-6-9(3,4)14/h13-14H,5-6H2,1-4H3,(H2,10,11,12). The lowest BCUT2D eigenvalue weighted by Crippen LogP contribution is -2.44. The van der Waals surface area contributed by atoms with Crippen molar-refractivity contribution in [3.63, 3.8) is 0 Å². The van der Waals surface area contributed by atoms with Gasteiger partial charge in [0.05, 0.1) is 0 Å². The smallest absolute Gasteiger partial charge is 0.314 e. The Morgan fingerprint density at radius 3 is 1.50 bits per heavy atom. The van der Waals surface area contributed by atoms with Gasteiger partial charge in [-0.15, -0.1) is 0 Å².